The van der Waals surface area contributed by atoms with Gasteiger partial charge < -0.3 is 24.5 Å². The van der Waals surface area contributed by atoms with Gasteiger partial charge in [0.1, 0.15) is 17.3 Å². The van der Waals surface area contributed by atoms with Gasteiger partial charge in [-0.05, 0) is 36.6 Å². The molecule has 0 spiro atoms. The predicted octanol–water partition coefficient (Wildman–Crippen LogP) is 2.62. The Labute approximate surface area is 152 Å². The largest absolute Gasteiger partial charge is 0.497 e. The maximum atomic E-state index is 10.5. The lowest BCUT2D eigenvalue weighted by molar-refractivity contribution is 0.0880. The molecule has 0 amide bonds. The van der Waals surface area contributed by atoms with E-state index in [1.165, 1.54) is 0 Å². The predicted molar refractivity (Wildman–Crippen MR) is 101 cm³/mol. The summed E-state index contributed by atoms with van der Waals surface area (Å²) in [5.74, 6) is 2.33. The molecule has 2 aromatic carbocycles. The van der Waals surface area contributed by atoms with E-state index in [-0.39, 0.29) is 6.04 Å². The number of aliphatic hydroxyl groups is 1. The molecule has 2 atom stereocenters. The Bertz CT molecular complexity index is 917. The number of imidazole rings is 1. The number of benzene rings is 2. The monoisotopic (exact) mass is 353 g/mol. The Hall–Kier alpha value is -2.57. The van der Waals surface area contributed by atoms with Crippen molar-refractivity contribution in [2.24, 2.45) is 0 Å². The maximum Gasteiger partial charge on any atom is 0.144 e. The van der Waals surface area contributed by atoms with Gasteiger partial charge in [0.2, 0.25) is 0 Å². The van der Waals surface area contributed by atoms with E-state index in [2.05, 4.69) is 14.9 Å². The van der Waals surface area contributed by atoms with Gasteiger partial charge >= 0.3 is 0 Å². The van der Waals surface area contributed by atoms with E-state index in [9.17, 15) is 5.11 Å². The van der Waals surface area contributed by atoms with Crippen molar-refractivity contribution in [2.45, 2.75) is 18.6 Å². The Morgan fingerprint density at radius 1 is 1.19 bits per heavy atom. The molecule has 1 aromatic heterocycles. The van der Waals surface area contributed by atoms with E-state index in [1.807, 2.05) is 36.5 Å². The van der Waals surface area contributed by atoms with Crippen LogP contribution in [-0.2, 0) is 0 Å². The minimum atomic E-state index is -0.452. The van der Waals surface area contributed by atoms with E-state index < -0.39 is 6.10 Å². The average molecular weight is 353 g/mol. The van der Waals surface area contributed by atoms with Crippen molar-refractivity contribution in [1.29, 1.82) is 0 Å². The second kappa shape index (κ2) is 6.97. The number of piperidine rings is 1. The molecule has 1 aliphatic heterocycles. The molecule has 1 fully saturated rings. The van der Waals surface area contributed by atoms with Gasteiger partial charge in [0, 0.05) is 24.3 Å². The normalized spacial score (nSPS) is 20.3. The Morgan fingerprint density at radius 3 is 2.81 bits per heavy atom. The standard InChI is InChI=1S/C20H23N3O3/c1-25-14-5-3-13-4-6-18(26-2)19(15(13)11-14)20-22-9-10-23(20)16-7-8-21-12-17(16)24/h3-6,9-11,16-17,21,24H,7-8,12H2,1-2H3/t16-,17-/m0/s1. The highest BCUT2D eigenvalue weighted by Crippen LogP contribution is 2.39. The van der Waals surface area contributed by atoms with E-state index in [0.717, 1.165) is 46.6 Å². The SMILES string of the molecule is COc1ccc2ccc(OC)c(-c3nccn3[C@H]3CCNC[C@@H]3O)c2c1. The molecule has 1 aliphatic rings. The first-order chi connectivity index (χ1) is 12.7. The molecule has 3 aromatic rings. The van der Waals surface area contributed by atoms with Crippen LogP contribution >= 0.6 is 0 Å². The van der Waals surface area contributed by atoms with Crippen LogP contribution < -0.4 is 14.8 Å². The Kier molecular flexibility index (Phi) is 4.53. The lowest BCUT2D eigenvalue weighted by Crippen LogP contribution is -2.41. The van der Waals surface area contributed by atoms with E-state index >= 15 is 0 Å². The summed E-state index contributed by atoms with van der Waals surface area (Å²) in [6, 6.07) is 9.96. The van der Waals surface area contributed by atoms with Crippen LogP contribution in [0, 0.1) is 0 Å². The zero-order chi connectivity index (χ0) is 18.1. The van der Waals surface area contributed by atoms with Gasteiger partial charge in [-0.25, -0.2) is 4.98 Å². The van der Waals surface area contributed by atoms with E-state index in [1.54, 1.807) is 20.4 Å². The van der Waals surface area contributed by atoms with Crippen LogP contribution in [0.3, 0.4) is 0 Å². The number of rotatable bonds is 4. The summed E-state index contributed by atoms with van der Waals surface area (Å²) in [6.07, 6.45) is 4.11. The van der Waals surface area contributed by atoms with Crippen LogP contribution in [0.25, 0.3) is 22.2 Å². The number of aromatic nitrogens is 2. The molecule has 1 saturated heterocycles. The highest BCUT2D eigenvalue weighted by Gasteiger charge is 2.27. The fourth-order valence-corrected chi connectivity index (χ4v) is 3.73. The molecular formula is C20H23N3O3. The molecule has 0 aliphatic carbocycles. The summed E-state index contributed by atoms with van der Waals surface area (Å²) >= 11 is 0. The number of aliphatic hydroxyl groups excluding tert-OH is 1. The number of methoxy groups -OCH3 is 2. The van der Waals surface area contributed by atoms with Crippen LogP contribution in [-0.4, -0.2) is 48.1 Å². The van der Waals surface area contributed by atoms with Gasteiger partial charge in [-0.1, -0.05) is 12.1 Å². The van der Waals surface area contributed by atoms with Gasteiger partial charge in [-0.3, -0.25) is 0 Å². The van der Waals surface area contributed by atoms with Gasteiger partial charge in [0.25, 0.3) is 0 Å². The van der Waals surface area contributed by atoms with Crippen LogP contribution in [0.2, 0.25) is 0 Å². The highest BCUT2D eigenvalue weighted by atomic mass is 16.5. The van der Waals surface area contributed by atoms with Crippen molar-refractivity contribution in [3.8, 4) is 22.9 Å². The number of hydrogen-bond acceptors (Lipinski definition) is 5. The number of ether oxygens (including phenoxy) is 2. The molecule has 136 valence electrons. The number of nitrogens with one attached hydrogen (secondary N) is 1. The summed E-state index contributed by atoms with van der Waals surface area (Å²) in [4.78, 5) is 4.62. The van der Waals surface area contributed by atoms with Gasteiger partial charge in [0.05, 0.1) is 31.9 Å². The fourth-order valence-electron chi connectivity index (χ4n) is 3.73. The molecule has 6 heteroatoms. The smallest absolute Gasteiger partial charge is 0.144 e. The molecular weight excluding hydrogens is 330 g/mol. The molecule has 0 saturated carbocycles. The molecule has 2 heterocycles. The Balaban J connectivity index is 1.93. The van der Waals surface area contributed by atoms with Gasteiger partial charge in [-0.15, -0.1) is 0 Å². The molecule has 0 unspecified atom stereocenters. The van der Waals surface area contributed by atoms with Crippen LogP contribution in [0.1, 0.15) is 12.5 Å². The van der Waals surface area contributed by atoms with Crippen molar-refractivity contribution < 1.29 is 14.6 Å². The van der Waals surface area contributed by atoms with Crippen LogP contribution in [0.15, 0.2) is 42.7 Å². The topological polar surface area (TPSA) is 68.5 Å². The summed E-state index contributed by atoms with van der Waals surface area (Å²) in [7, 11) is 3.32. The van der Waals surface area contributed by atoms with Crippen molar-refractivity contribution in [2.75, 3.05) is 27.3 Å². The molecule has 4 rings (SSSR count). The average Bonchev–Trinajstić information content (AvgIpc) is 3.15. The third kappa shape index (κ3) is 2.81. The first-order valence-electron chi connectivity index (χ1n) is 8.79. The number of fused-ring (bicyclic) bond motifs is 1. The lowest BCUT2D eigenvalue weighted by atomic mass is 10.00. The van der Waals surface area contributed by atoms with Crippen molar-refractivity contribution in [3.63, 3.8) is 0 Å². The molecule has 0 radical (unpaired) electrons. The minimum Gasteiger partial charge on any atom is -0.497 e. The van der Waals surface area contributed by atoms with E-state index in [4.69, 9.17) is 9.47 Å². The molecule has 6 nitrogen and oxygen atoms in total. The summed E-state index contributed by atoms with van der Waals surface area (Å²) in [5.41, 5.74) is 0.916. The highest BCUT2D eigenvalue weighted by molar-refractivity contribution is 5.99. The Morgan fingerprint density at radius 2 is 2.04 bits per heavy atom. The second-order valence-corrected chi connectivity index (χ2v) is 6.52. The summed E-state index contributed by atoms with van der Waals surface area (Å²) in [5, 5.41) is 15.8. The quantitative estimate of drug-likeness (QED) is 0.755. The number of nitrogens with zero attached hydrogens (tertiary/aromatic N) is 2. The van der Waals surface area contributed by atoms with Crippen molar-refractivity contribution in [3.05, 3.63) is 42.7 Å². The van der Waals surface area contributed by atoms with Gasteiger partial charge in [-0.2, -0.15) is 0 Å². The molecule has 2 N–H and O–H groups in total. The van der Waals surface area contributed by atoms with Crippen LogP contribution in [0.4, 0.5) is 0 Å². The third-order valence-electron chi connectivity index (χ3n) is 5.07. The summed E-state index contributed by atoms with van der Waals surface area (Å²) < 4.78 is 13.1. The third-order valence-corrected chi connectivity index (χ3v) is 5.07. The van der Waals surface area contributed by atoms with Crippen molar-refractivity contribution >= 4 is 10.8 Å². The minimum absolute atomic E-state index is 0.0145. The maximum absolute atomic E-state index is 10.5. The fraction of sp³-hybridized carbons (Fsp3) is 0.350. The zero-order valence-electron chi connectivity index (χ0n) is 15.0. The van der Waals surface area contributed by atoms with Gasteiger partial charge in [0.15, 0.2) is 0 Å². The number of hydrogen-bond donors (Lipinski definition) is 2. The summed E-state index contributed by atoms with van der Waals surface area (Å²) in [6.45, 7) is 1.46. The zero-order valence-corrected chi connectivity index (χ0v) is 15.0. The number of β-amino-alcohol motifs (C(OH)–C–C–N with tert-alkyl or cyclic N) is 1. The second-order valence-electron chi connectivity index (χ2n) is 6.52. The first-order valence-corrected chi connectivity index (χ1v) is 8.79. The molecule has 0 bridgehead atoms. The van der Waals surface area contributed by atoms with Crippen LogP contribution in [0.5, 0.6) is 11.5 Å². The lowest BCUT2D eigenvalue weighted by Gasteiger charge is -2.30. The van der Waals surface area contributed by atoms with Crippen molar-refractivity contribution in [1.82, 2.24) is 14.9 Å². The first kappa shape index (κ1) is 16.9. The molecule has 26 heavy (non-hydrogen) atoms. The van der Waals surface area contributed by atoms with E-state index in [0.29, 0.717) is 6.54 Å².